The molecule has 0 saturated carbocycles. The monoisotopic (exact) mass is 354 g/mol. The Morgan fingerprint density at radius 3 is 2.60 bits per heavy atom. The van der Waals surface area contributed by atoms with Gasteiger partial charge >= 0.3 is 0 Å². The maximum absolute atomic E-state index is 12.6. The minimum atomic E-state index is -0.0895. The number of carbonyl (C=O) groups excluding carboxylic acids is 2. The largest absolute Gasteiger partial charge is 0.326 e. The highest BCUT2D eigenvalue weighted by molar-refractivity contribution is 8.00. The van der Waals surface area contributed by atoms with Crippen molar-refractivity contribution in [3.05, 3.63) is 59.7 Å². The first-order valence-electron chi connectivity index (χ1n) is 8.49. The molecule has 2 aromatic rings. The van der Waals surface area contributed by atoms with Crippen LogP contribution in [0.25, 0.3) is 0 Å². The van der Waals surface area contributed by atoms with Gasteiger partial charge in [-0.15, -0.1) is 11.8 Å². The van der Waals surface area contributed by atoms with Gasteiger partial charge in [0, 0.05) is 18.3 Å². The average molecular weight is 354 g/mol. The number of nitrogens with zero attached hydrogens (tertiary/aromatic N) is 1. The van der Waals surface area contributed by atoms with E-state index < -0.39 is 0 Å². The SMILES string of the molecule is CCCc1ccccc1N1C(=O)CS[C@@H]1c1ccc(NC(C)=O)cc1. The summed E-state index contributed by atoms with van der Waals surface area (Å²) in [7, 11) is 0. The third-order valence-corrected chi connectivity index (χ3v) is 5.37. The molecule has 1 saturated heterocycles. The number of hydrogen-bond acceptors (Lipinski definition) is 3. The molecule has 1 N–H and O–H groups in total. The second-order valence-corrected chi connectivity index (χ2v) is 7.18. The predicted octanol–water partition coefficient (Wildman–Crippen LogP) is 4.38. The summed E-state index contributed by atoms with van der Waals surface area (Å²) in [6.07, 6.45) is 2.00. The molecule has 5 heteroatoms. The predicted molar refractivity (Wildman–Crippen MR) is 104 cm³/mol. The van der Waals surface area contributed by atoms with Crippen LogP contribution in [0.3, 0.4) is 0 Å². The zero-order valence-electron chi connectivity index (χ0n) is 14.5. The number of carbonyl (C=O) groups is 2. The smallest absolute Gasteiger partial charge is 0.238 e. The second kappa shape index (κ2) is 7.74. The fourth-order valence-electron chi connectivity index (χ4n) is 3.09. The number of thioether (sulfide) groups is 1. The number of hydrogen-bond donors (Lipinski definition) is 1. The first kappa shape index (κ1) is 17.5. The van der Waals surface area contributed by atoms with Gasteiger partial charge < -0.3 is 5.32 Å². The van der Waals surface area contributed by atoms with E-state index in [4.69, 9.17) is 0 Å². The lowest BCUT2D eigenvalue weighted by molar-refractivity contribution is -0.116. The van der Waals surface area contributed by atoms with Gasteiger partial charge in [-0.05, 0) is 35.7 Å². The van der Waals surface area contributed by atoms with Crippen molar-refractivity contribution in [2.75, 3.05) is 16.0 Å². The van der Waals surface area contributed by atoms with Crippen LogP contribution in [0, 0.1) is 0 Å². The van der Waals surface area contributed by atoms with E-state index >= 15 is 0 Å². The van der Waals surface area contributed by atoms with Gasteiger partial charge in [0.25, 0.3) is 0 Å². The van der Waals surface area contributed by atoms with Crippen molar-refractivity contribution in [3.63, 3.8) is 0 Å². The molecule has 1 atom stereocenters. The van der Waals surface area contributed by atoms with Gasteiger partial charge in [0.2, 0.25) is 11.8 Å². The molecule has 2 amide bonds. The zero-order valence-corrected chi connectivity index (χ0v) is 15.3. The average Bonchev–Trinajstić information content (AvgIpc) is 2.97. The number of anilines is 2. The molecule has 1 aliphatic rings. The molecule has 0 aliphatic carbocycles. The summed E-state index contributed by atoms with van der Waals surface area (Å²) >= 11 is 1.64. The molecule has 3 rings (SSSR count). The van der Waals surface area contributed by atoms with Gasteiger partial charge in [-0.3, -0.25) is 14.5 Å². The minimum absolute atomic E-state index is 0.0307. The third-order valence-electron chi connectivity index (χ3n) is 4.15. The Morgan fingerprint density at radius 2 is 1.92 bits per heavy atom. The number of rotatable bonds is 5. The van der Waals surface area contributed by atoms with Gasteiger partial charge in [-0.1, -0.05) is 43.7 Å². The molecule has 0 spiro atoms. The molecule has 1 fully saturated rings. The number of benzene rings is 2. The fraction of sp³-hybridized carbons (Fsp3) is 0.300. The molecule has 0 bridgehead atoms. The van der Waals surface area contributed by atoms with Gasteiger partial charge in [0.1, 0.15) is 5.37 Å². The summed E-state index contributed by atoms with van der Waals surface area (Å²) in [5.74, 6) is 0.538. The van der Waals surface area contributed by atoms with Crippen LogP contribution >= 0.6 is 11.8 Å². The van der Waals surface area contributed by atoms with Crippen LogP contribution in [-0.4, -0.2) is 17.6 Å². The number of aryl methyl sites for hydroxylation is 1. The van der Waals surface area contributed by atoms with Gasteiger partial charge in [-0.2, -0.15) is 0 Å². The molecule has 1 aliphatic heterocycles. The summed E-state index contributed by atoms with van der Waals surface area (Å²) in [6, 6.07) is 15.9. The van der Waals surface area contributed by atoms with E-state index in [2.05, 4.69) is 18.3 Å². The quantitative estimate of drug-likeness (QED) is 0.867. The molecule has 0 aromatic heterocycles. The van der Waals surface area contributed by atoms with Crippen molar-refractivity contribution in [1.29, 1.82) is 0 Å². The van der Waals surface area contributed by atoms with Crippen LogP contribution < -0.4 is 10.2 Å². The first-order valence-corrected chi connectivity index (χ1v) is 9.54. The summed E-state index contributed by atoms with van der Waals surface area (Å²) in [4.78, 5) is 25.7. The van der Waals surface area contributed by atoms with Gasteiger partial charge in [0.05, 0.1) is 5.75 Å². The highest BCUT2D eigenvalue weighted by Gasteiger charge is 2.34. The Labute approximate surface area is 152 Å². The van der Waals surface area contributed by atoms with E-state index in [1.165, 1.54) is 12.5 Å². The lowest BCUT2D eigenvalue weighted by Gasteiger charge is -2.26. The third kappa shape index (κ3) is 3.87. The van der Waals surface area contributed by atoms with Crippen LogP contribution in [0.15, 0.2) is 48.5 Å². The summed E-state index contributed by atoms with van der Waals surface area (Å²) in [5.41, 5.74) is 4.05. The Hall–Kier alpha value is -2.27. The summed E-state index contributed by atoms with van der Waals surface area (Å²) in [5, 5.41) is 2.74. The van der Waals surface area contributed by atoms with Gasteiger partial charge in [0.15, 0.2) is 0 Å². The van der Waals surface area contributed by atoms with E-state index in [0.717, 1.165) is 29.8 Å². The van der Waals surface area contributed by atoms with E-state index in [-0.39, 0.29) is 17.2 Å². The van der Waals surface area contributed by atoms with Crippen LogP contribution in [0.5, 0.6) is 0 Å². The normalized spacial score (nSPS) is 17.0. The highest BCUT2D eigenvalue weighted by Crippen LogP contribution is 2.43. The van der Waals surface area contributed by atoms with Crippen molar-refractivity contribution in [3.8, 4) is 0 Å². The van der Waals surface area contributed by atoms with Crippen molar-refractivity contribution in [2.24, 2.45) is 0 Å². The van der Waals surface area contributed by atoms with Crippen LogP contribution in [-0.2, 0) is 16.0 Å². The molecule has 4 nitrogen and oxygen atoms in total. The highest BCUT2D eigenvalue weighted by atomic mass is 32.2. The second-order valence-electron chi connectivity index (χ2n) is 6.11. The van der Waals surface area contributed by atoms with E-state index in [1.54, 1.807) is 11.8 Å². The lowest BCUT2D eigenvalue weighted by atomic mass is 10.1. The van der Waals surface area contributed by atoms with Crippen molar-refractivity contribution in [1.82, 2.24) is 0 Å². The molecule has 2 aromatic carbocycles. The lowest BCUT2D eigenvalue weighted by Crippen LogP contribution is -2.28. The molecule has 0 unspecified atom stereocenters. The van der Waals surface area contributed by atoms with Gasteiger partial charge in [-0.25, -0.2) is 0 Å². The Bertz CT molecular complexity index is 774. The number of amides is 2. The Balaban J connectivity index is 1.91. The van der Waals surface area contributed by atoms with E-state index in [0.29, 0.717) is 5.75 Å². The number of para-hydroxylation sites is 1. The Kier molecular flexibility index (Phi) is 5.43. The summed E-state index contributed by atoms with van der Waals surface area (Å²) < 4.78 is 0. The molecule has 1 heterocycles. The van der Waals surface area contributed by atoms with Crippen LogP contribution in [0.1, 0.15) is 36.8 Å². The molecular formula is C20H22N2O2S. The standard InChI is InChI=1S/C20H22N2O2S/c1-3-6-15-7-4-5-8-18(15)22-19(24)13-25-20(22)16-9-11-17(12-10-16)21-14(2)23/h4-5,7-12,20H,3,6,13H2,1-2H3,(H,21,23)/t20-/m1/s1. The number of nitrogens with one attached hydrogen (secondary N) is 1. The maximum Gasteiger partial charge on any atom is 0.238 e. The van der Waals surface area contributed by atoms with Crippen molar-refractivity contribution in [2.45, 2.75) is 32.1 Å². The van der Waals surface area contributed by atoms with E-state index in [1.807, 2.05) is 47.4 Å². The molecular weight excluding hydrogens is 332 g/mol. The van der Waals surface area contributed by atoms with E-state index in [9.17, 15) is 9.59 Å². The molecule has 25 heavy (non-hydrogen) atoms. The van der Waals surface area contributed by atoms with Crippen LogP contribution in [0.2, 0.25) is 0 Å². The fourth-order valence-corrected chi connectivity index (χ4v) is 4.26. The Morgan fingerprint density at radius 1 is 1.20 bits per heavy atom. The molecule has 130 valence electrons. The van der Waals surface area contributed by atoms with Crippen molar-refractivity contribution >= 4 is 35.0 Å². The first-order chi connectivity index (χ1) is 12.1. The topological polar surface area (TPSA) is 49.4 Å². The minimum Gasteiger partial charge on any atom is -0.326 e. The van der Waals surface area contributed by atoms with Crippen molar-refractivity contribution < 1.29 is 9.59 Å². The van der Waals surface area contributed by atoms with Crippen LogP contribution in [0.4, 0.5) is 11.4 Å². The molecule has 0 radical (unpaired) electrons. The maximum atomic E-state index is 12.6. The summed E-state index contributed by atoms with van der Waals surface area (Å²) in [6.45, 7) is 3.64. The zero-order chi connectivity index (χ0) is 17.8.